The average Bonchev–Trinajstić information content (AvgIpc) is 2.89. The molecule has 0 atom stereocenters. The lowest BCUT2D eigenvalue weighted by atomic mass is 10.1. The van der Waals surface area contributed by atoms with E-state index in [9.17, 15) is 9.59 Å². The molecule has 25 heavy (non-hydrogen) atoms. The van der Waals surface area contributed by atoms with Gasteiger partial charge in [0.25, 0.3) is 11.8 Å². The largest absolute Gasteiger partial charge is 0.455 e. The van der Waals surface area contributed by atoms with Crippen molar-refractivity contribution in [2.45, 2.75) is 0 Å². The maximum atomic E-state index is 12.7. The van der Waals surface area contributed by atoms with Gasteiger partial charge in [0.05, 0.1) is 16.8 Å². The number of hydrogen-bond acceptors (Lipinski definition) is 3. The van der Waals surface area contributed by atoms with Crippen molar-refractivity contribution in [3.8, 4) is 11.5 Å². The van der Waals surface area contributed by atoms with Crippen molar-refractivity contribution in [3.63, 3.8) is 0 Å². The molecule has 1 aliphatic rings. The number of para-hydroxylation sites is 1. The summed E-state index contributed by atoms with van der Waals surface area (Å²) in [5.41, 5.74) is 1.07. The number of carbonyl (C=O) groups is 2. The van der Waals surface area contributed by atoms with Crippen LogP contribution in [-0.2, 0) is 0 Å². The van der Waals surface area contributed by atoms with E-state index in [2.05, 4.69) is 0 Å². The molecule has 1 heterocycles. The summed E-state index contributed by atoms with van der Waals surface area (Å²) in [6.07, 6.45) is 0. The molecule has 0 saturated carbocycles. The third-order valence-corrected chi connectivity index (χ3v) is 4.16. The van der Waals surface area contributed by atoms with Crippen LogP contribution in [-0.4, -0.2) is 11.8 Å². The minimum atomic E-state index is -0.388. The summed E-state index contributed by atoms with van der Waals surface area (Å²) in [6.45, 7) is 0. The van der Waals surface area contributed by atoms with Gasteiger partial charge in [-0.3, -0.25) is 9.59 Å². The van der Waals surface area contributed by atoms with Gasteiger partial charge in [0.15, 0.2) is 5.75 Å². The number of fused-ring (bicyclic) bond motifs is 1. The number of hydrogen-bond donors (Lipinski definition) is 0. The lowest BCUT2D eigenvalue weighted by Gasteiger charge is -2.18. The standard InChI is InChI=1S/C20H12ClNO3/c21-13-10-11-18(25-14-6-2-1-3-7-14)17(12-13)22-19(23)15-8-4-5-9-16(15)20(22)24/h1-12H. The van der Waals surface area contributed by atoms with Crippen LogP contribution in [0.5, 0.6) is 11.5 Å². The molecule has 0 bridgehead atoms. The predicted molar refractivity (Wildman–Crippen MR) is 95.6 cm³/mol. The van der Waals surface area contributed by atoms with Gasteiger partial charge in [-0.05, 0) is 42.5 Å². The van der Waals surface area contributed by atoms with Crippen LogP contribution in [0.1, 0.15) is 20.7 Å². The third kappa shape index (κ3) is 2.66. The first kappa shape index (κ1) is 15.4. The number of nitrogens with zero attached hydrogens (tertiary/aromatic N) is 1. The molecule has 0 aliphatic carbocycles. The number of halogens is 1. The Labute approximate surface area is 149 Å². The summed E-state index contributed by atoms with van der Waals surface area (Å²) in [4.78, 5) is 26.6. The van der Waals surface area contributed by atoms with Crippen LogP contribution in [0.15, 0.2) is 72.8 Å². The lowest BCUT2D eigenvalue weighted by molar-refractivity contribution is 0.0925. The smallest absolute Gasteiger partial charge is 0.266 e. The van der Waals surface area contributed by atoms with E-state index in [4.69, 9.17) is 16.3 Å². The van der Waals surface area contributed by atoms with Gasteiger partial charge >= 0.3 is 0 Å². The highest BCUT2D eigenvalue weighted by molar-refractivity contribution is 6.36. The number of benzene rings is 3. The van der Waals surface area contributed by atoms with E-state index >= 15 is 0 Å². The topological polar surface area (TPSA) is 46.6 Å². The minimum Gasteiger partial charge on any atom is -0.455 e. The van der Waals surface area contributed by atoms with Crippen LogP contribution >= 0.6 is 11.6 Å². The first-order valence-electron chi connectivity index (χ1n) is 7.65. The van der Waals surface area contributed by atoms with Gasteiger partial charge in [0, 0.05) is 5.02 Å². The van der Waals surface area contributed by atoms with Gasteiger partial charge in [-0.25, -0.2) is 4.90 Å². The lowest BCUT2D eigenvalue weighted by Crippen LogP contribution is -2.29. The fourth-order valence-electron chi connectivity index (χ4n) is 2.78. The summed E-state index contributed by atoms with van der Waals surface area (Å²) in [7, 11) is 0. The van der Waals surface area contributed by atoms with Gasteiger partial charge in [-0.1, -0.05) is 41.9 Å². The second-order valence-corrected chi connectivity index (χ2v) is 5.95. The Kier molecular flexibility index (Phi) is 3.75. The summed E-state index contributed by atoms with van der Waals surface area (Å²) in [5.74, 6) is 0.203. The molecule has 3 aromatic carbocycles. The number of rotatable bonds is 3. The molecule has 0 saturated heterocycles. The van der Waals surface area contributed by atoms with Gasteiger partial charge < -0.3 is 4.74 Å². The van der Waals surface area contributed by atoms with E-state index in [0.717, 1.165) is 4.90 Å². The van der Waals surface area contributed by atoms with Gasteiger partial charge in [-0.2, -0.15) is 0 Å². The van der Waals surface area contributed by atoms with E-state index < -0.39 is 0 Å². The Morgan fingerprint density at radius 1 is 0.760 bits per heavy atom. The van der Waals surface area contributed by atoms with E-state index in [-0.39, 0.29) is 11.8 Å². The molecule has 4 rings (SSSR count). The van der Waals surface area contributed by atoms with Crippen molar-refractivity contribution in [1.82, 2.24) is 0 Å². The predicted octanol–water partition coefficient (Wildman–Crippen LogP) is 4.93. The van der Waals surface area contributed by atoms with Crippen LogP contribution in [0.4, 0.5) is 5.69 Å². The molecule has 0 unspecified atom stereocenters. The highest BCUT2D eigenvalue weighted by atomic mass is 35.5. The Morgan fingerprint density at radius 2 is 1.36 bits per heavy atom. The van der Waals surface area contributed by atoms with E-state index in [1.165, 1.54) is 0 Å². The zero-order valence-electron chi connectivity index (χ0n) is 13.0. The summed E-state index contributed by atoms with van der Waals surface area (Å²) >= 11 is 6.10. The monoisotopic (exact) mass is 349 g/mol. The van der Waals surface area contributed by atoms with E-state index in [0.29, 0.717) is 33.3 Å². The average molecular weight is 350 g/mol. The fourth-order valence-corrected chi connectivity index (χ4v) is 2.94. The molecule has 2 amide bonds. The zero-order valence-corrected chi connectivity index (χ0v) is 13.7. The minimum absolute atomic E-state index is 0.322. The quantitative estimate of drug-likeness (QED) is 0.630. The molecular formula is C20H12ClNO3. The molecule has 0 radical (unpaired) electrons. The molecule has 0 N–H and O–H groups in total. The molecule has 0 aromatic heterocycles. The summed E-state index contributed by atoms with van der Waals surface area (Å²) in [6, 6.07) is 20.7. The molecular weight excluding hydrogens is 338 g/mol. The second-order valence-electron chi connectivity index (χ2n) is 5.52. The van der Waals surface area contributed by atoms with Crippen molar-refractivity contribution in [2.24, 2.45) is 0 Å². The van der Waals surface area contributed by atoms with Gasteiger partial charge in [-0.15, -0.1) is 0 Å². The van der Waals surface area contributed by atoms with Crippen molar-refractivity contribution >= 4 is 29.1 Å². The van der Waals surface area contributed by atoms with Crippen LogP contribution in [0.2, 0.25) is 5.02 Å². The Morgan fingerprint density at radius 3 is 2.00 bits per heavy atom. The molecule has 0 spiro atoms. The molecule has 5 heteroatoms. The molecule has 3 aromatic rings. The van der Waals surface area contributed by atoms with E-state index in [1.807, 2.05) is 18.2 Å². The summed E-state index contributed by atoms with van der Waals surface area (Å²) < 4.78 is 5.87. The van der Waals surface area contributed by atoms with Crippen molar-refractivity contribution in [2.75, 3.05) is 4.90 Å². The number of carbonyl (C=O) groups excluding carboxylic acids is 2. The Bertz CT molecular complexity index is 950. The SMILES string of the molecule is O=C1c2ccccc2C(=O)N1c1cc(Cl)ccc1Oc1ccccc1. The van der Waals surface area contributed by atoms with Gasteiger partial charge in [0.1, 0.15) is 5.75 Å². The summed E-state index contributed by atoms with van der Waals surface area (Å²) in [5, 5.41) is 0.409. The van der Waals surface area contributed by atoms with Crippen LogP contribution < -0.4 is 9.64 Å². The Balaban J connectivity index is 1.80. The maximum absolute atomic E-state index is 12.7. The third-order valence-electron chi connectivity index (χ3n) is 3.93. The van der Waals surface area contributed by atoms with Crippen molar-refractivity contribution in [1.29, 1.82) is 0 Å². The Hall–Kier alpha value is -3.11. The number of anilines is 1. The molecule has 1 aliphatic heterocycles. The number of amides is 2. The normalized spacial score (nSPS) is 13.1. The highest BCUT2D eigenvalue weighted by Gasteiger charge is 2.37. The second kappa shape index (κ2) is 6.07. The van der Waals surface area contributed by atoms with Crippen molar-refractivity contribution in [3.05, 3.63) is 88.9 Å². The maximum Gasteiger partial charge on any atom is 0.266 e. The van der Waals surface area contributed by atoms with Crippen LogP contribution in [0.3, 0.4) is 0 Å². The van der Waals surface area contributed by atoms with E-state index in [1.54, 1.807) is 54.6 Å². The van der Waals surface area contributed by atoms with Gasteiger partial charge in [0.2, 0.25) is 0 Å². The highest BCUT2D eigenvalue weighted by Crippen LogP contribution is 2.38. The van der Waals surface area contributed by atoms with Crippen molar-refractivity contribution < 1.29 is 14.3 Å². The molecule has 122 valence electrons. The number of ether oxygens (including phenoxy) is 1. The fraction of sp³-hybridized carbons (Fsp3) is 0. The van der Waals surface area contributed by atoms with Crippen LogP contribution in [0.25, 0.3) is 0 Å². The first-order valence-corrected chi connectivity index (χ1v) is 8.03. The molecule has 0 fully saturated rings. The first-order chi connectivity index (χ1) is 12.1. The van der Waals surface area contributed by atoms with Crippen LogP contribution in [0, 0.1) is 0 Å². The molecule has 4 nitrogen and oxygen atoms in total. The number of imide groups is 1. The zero-order chi connectivity index (χ0) is 17.4.